The number of rotatable bonds is 6. The number of nitrogens with one attached hydrogen (secondary N) is 1. The number of amides is 1. The van der Waals surface area contributed by atoms with Gasteiger partial charge in [-0.1, -0.05) is 12.1 Å². The van der Waals surface area contributed by atoms with Crippen molar-refractivity contribution in [3.63, 3.8) is 0 Å². The van der Waals surface area contributed by atoms with E-state index in [0.717, 1.165) is 5.56 Å². The van der Waals surface area contributed by atoms with Crippen molar-refractivity contribution in [2.24, 2.45) is 5.92 Å². The first-order chi connectivity index (χ1) is 10.5. The van der Waals surface area contributed by atoms with E-state index in [0.29, 0.717) is 18.8 Å². The Kier molecular flexibility index (Phi) is 5.76. The quantitative estimate of drug-likeness (QED) is 0.694. The van der Waals surface area contributed by atoms with Crippen molar-refractivity contribution in [1.29, 1.82) is 0 Å². The smallest absolute Gasteiger partial charge is 0.224 e. The van der Waals surface area contributed by atoms with Crippen LogP contribution in [0.1, 0.15) is 12.0 Å². The standard InChI is InChI=1S/C16H23NO5/c1-21-9-11-8-13(16(20)15(11)19)17-14(18)7-10-4-3-5-12(6-10)22-2/h3-6,11,13,15-16,19-20H,7-9H2,1-2H3,(H,17,18)/t11-,13-,15-,16+/m1/s1. The molecule has 0 unspecified atom stereocenters. The van der Waals surface area contributed by atoms with Gasteiger partial charge in [-0.15, -0.1) is 0 Å². The second-order valence-electron chi connectivity index (χ2n) is 5.63. The summed E-state index contributed by atoms with van der Waals surface area (Å²) < 4.78 is 10.1. The summed E-state index contributed by atoms with van der Waals surface area (Å²) in [6, 6.07) is 6.83. The number of ether oxygens (including phenoxy) is 2. The molecular formula is C16H23NO5. The first-order valence-corrected chi connectivity index (χ1v) is 7.32. The summed E-state index contributed by atoms with van der Waals surface area (Å²) in [4.78, 5) is 12.1. The van der Waals surface area contributed by atoms with Crippen LogP contribution >= 0.6 is 0 Å². The van der Waals surface area contributed by atoms with Crippen molar-refractivity contribution >= 4 is 5.91 Å². The molecule has 22 heavy (non-hydrogen) atoms. The normalized spacial score (nSPS) is 27.6. The van der Waals surface area contributed by atoms with Crippen molar-refractivity contribution in [3.05, 3.63) is 29.8 Å². The molecule has 0 aromatic heterocycles. The summed E-state index contributed by atoms with van der Waals surface area (Å²) >= 11 is 0. The summed E-state index contributed by atoms with van der Waals surface area (Å²) in [6.07, 6.45) is -1.14. The van der Waals surface area contributed by atoms with Gasteiger partial charge >= 0.3 is 0 Å². The first kappa shape index (κ1) is 16.7. The Labute approximate surface area is 130 Å². The lowest BCUT2D eigenvalue weighted by atomic mass is 10.1. The fourth-order valence-corrected chi connectivity index (χ4v) is 2.87. The molecule has 122 valence electrons. The monoisotopic (exact) mass is 309 g/mol. The second-order valence-corrected chi connectivity index (χ2v) is 5.63. The minimum Gasteiger partial charge on any atom is -0.497 e. The molecule has 0 spiro atoms. The van der Waals surface area contributed by atoms with Crippen molar-refractivity contribution in [1.82, 2.24) is 5.32 Å². The minimum atomic E-state index is -0.964. The Morgan fingerprint density at radius 2 is 2.09 bits per heavy atom. The summed E-state index contributed by atoms with van der Waals surface area (Å²) in [5.74, 6) is 0.339. The van der Waals surface area contributed by atoms with Crippen LogP contribution in [0.3, 0.4) is 0 Å². The van der Waals surface area contributed by atoms with Crippen molar-refractivity contribution in [3.8, 4) is 5.75 Å². The topological polar surface area (TPSA) is 88.0 Å². The van der Waals surface area contributed by atoms with E-state index >= 15 is 0 Å². The van der Waals surface area contributed by atoms with Crippen LogP contribution in [0.15, 0.2) is 24.3 Å². The zero-order valence-electron chi connectivity index (χ0n) is 12.9. The molecule has 3 N–H and O–H groups in total. The van der Waals surface area contributed by atoms with Gasteiger partial charge in [0.1, 0.15) is 11.9 Å². The Balaban J connectivity index is 1.91. The van der Waals surface area contributed by atoms with Crippen LogP contribution < -0.4 is 10.1 Å². The predicted molar refractivity (Wildman–Crippen MR) is 80.6 cm³/mol. The average molecular weight is 309 g/mol. The predicted octanol–water partition coefficient (Wildman–Crippen LogP) is 0.111. The summed E-state index contributed by atoms with van der Waals surface area (Å²) in [5.41, 5.74) is 0.832. The van der Waals surface area contributed by atoms with Crippen LogP contribution in [0, 0.1) is 5.92 Å². The molecule has 1 fully saturated rings. The lowest BCUT2D eigenvalue weighted by Crippen LogP contribution is -2.43. The molecular weight excluding hydrogens is 286 g/mol. The van der Waals surface area contributed by atoms with Crippen LogP contribution in [0.25, 0.3) is 0 Å². The van der Waals surface area contributed by atoms with Crippen molar-refractivity contribution < 1.29 is 24.5 Å². The third-order valence-electron chi connectivity index (χ3n) is 4.03. The maximum Gasteiger partial charge on any atom is 0.224 e. The molecule has 1 aliphatic rings. The van der Waals surface area contributed by atoms with Gasteiger partial charge in [-0.25, -0.2) is 0 Å². The molecule has 1 aliphatic carbocycles. The molecule has 1 saturated carbocycles. The molecule has 1 amide bonds. The zero-order valence-corrected chi connectivity index (χ0v) is 12.9. The Morgan fingerprint density at radius 1 is 1.32 bits per heavy atom. The van der Waals surface area contributed by atoms with E-state index < -0.39 is 18.2 Å². The number of benzene rings is 1. The van der Waals surface area contributed by atoms with Gasteiger partial charge in [-0.05, 0) is 24.1 Å². The van der Waals surface area contributed by atoms with Gasteiger partial charge in [0.2, 0.25) is 5.91 Å². The number of methoxy groups -OCH3 is 2. The highest BCUT2D eigenvalue weighted by Gasteiger charge is 2.41. The van der Waals surface area contributed by atoms with E-state index in [9.17, 15) is 15.0 Å². The van der Waals surface area contributed by atoms with Crippen LogP contribution in [-0.2, 0) is 16.0 Å². The van der Waals surface area contributed by atoms with Gasteiger partial charge in [-0.3, -0.25) is 4.79 Å². The fourth-order valence-electron chi connectivity index (χ4n) is 2.87. The SMILES string of the molecule is COC[C@H]1C[C@@H](NC(=O)Cc2cccc(OC)c2)[C@H](O)[C@@H]1O. The second kappa shape index (κ2) is 7.58. The highest BCUT2D eigenvalue weighted by atomic mass is 16.5. The lowest BCUT2D eigenvalue weighted by Gasteiger charge is -2.18. The van der Waals surface area contributed by atoms with E-state index in [-0.39, 0.29) is 18.2 Å². The molecule has 1 aromatic carbocycles. The zero-order chi connectivity index (χ0) is 16.1. The third-order valence-corrected chi connectivity index (χ3v) is 4.03. The molecule has 0 saturated heterocycles. The van der Waals surface area contributed by atoms with E-state index in [4.69, 9.17) is 9.47 Å². The van der Waals surface area contributed by atoms with Crippen LogP contribution in [0.4, 0.5) is 0 Å². The number of aliphatic hydroxyl groups excluding tert-OH is 2. The molecule has 6 heteroatoms. The molecule has 4 atom stereocenters. The van der Waals surface area contributed by atoms with E-state index in [1.54, 1.807) is 20.3 Å². The Morgan fingerprint density at radius 3 is 2.77 bits per heavy atom. The van der Waals surface area contributed by atoms with Gasteiger partial charge in [-0.2, -0.15) is 0 Å². The largest absolute Gasteiger partial charge is 0.497 e. The lowest BCUT2D eigenvalue weighted by molar-refractivity contribution is -0.122. The van der Waals surface area contributed by atoms with Gasteiger partial charge in [0, 0.05) is 13.0 Å². The van der Waals surface area contributed by atoms with Crippen LogP contribution in [0.2, 0.25) is 0 Å². The average Bonchev–Trinajstić information content (AvgIpc) is 2.76. The number of carbonyl (C=O) groups excluding carboxylic acids is 1. The number of carbonyl (C=O) groups is 1. The molecule has 6 nitrogen and oxygen atoms in total. The van der Waals surface area contributed by atoms with E-state index in [1.807, 2.05) is 18.2 Å². The van der Waals surface area contributed by atoms with Crippen LogP contribution in [0.5, 0.6) is 5.75 Å². The molecule has 0 heterocycles. The van der Waals surface area contributed by atoms with Crippen molar-refractivity contribution in [2.45, 2.75) is 31.1 Å². The van der Waals surface area contributed by atoms with Gasteiger partial charge < -0.3 is 25.0 Å². The summed E-state index contributed by atoms with van der Waals surface area (Å²) in [6.45, 7) is 0.362. The van der Waals surface area contributed by atoms with E-state index in [2.05, 4.69) is 5.32 Å². The maximum absolute atomic E-state index is 12.1. The third kappa shape index (κ3) is 3.97. The number of aliphatic hydroxyl groups is 2. The van der Waals surface area contributed by atoms with Crippen LogP contribution in [-0.4, -0.2) is 55.2 Å². The molecule has 2 rings (SSSR count). The Hall–Kier alpha value is -1.63. The van der Waals surface area contributed by atoms with Gasteiger partial charge in [0.25, 0.3) is 0 Å². The van der Waals surface area contributed by atoms with Gasteiger partial charge in [0.05, 0.1) is 32.3 Å². The van der Waals surface area contributed by atoms with Crippen molar-refractivity contribution in [2.75, 3.05) is 20.8 Å². The van der Waals surface area contributed by atoms with Gasteiger partial charge in [0.15, 0.2) is 0 Å². The van der Waals surface area contributed by atoms with E-state index in [1.165, 1.54) is 0 Å². The first-order valence-electron chi connectivity index (χ1n) is 7.32. The molecule has 1 aromatic rings. The summed E-state index contributed by atoms with van der Waals surface area (Å²) in [7, 11) is 3.12. The fraction of sp³-hybridized carbons (Fsp3) is 0.562. The molecule has 0 bridgehead atoms. The Bertz CT molecular complexity index is 507. The minimum absolute atomic E-state index is 0.165. The maximum atomic E-state index is 12.1. The number of hydrogen-bond donors (Lipinski definition) is 3. The summed E-state index contributed by atoms with van der Waals surface area (Å²) in [5, 5.41) is 22.7. The molecule has 0 aliphatic heterocycles. The molecule has 0 radical (unpaired) electrons. The number of hydrogen-bond acceptors (Lipinski definition) is 5. The highest BCUT2D eigenvalue weighted by molar-refractivity contribution is 5.79. The highest BCUT2D eigenvalue weighted by Crippen LogP contribution is 2.27.